The lowest BCUT2D eigenvalue weighted by molar-refractivity contribution is 0.416. The van der Waals surface area contributed by atoms with Gasteiger partial charge in [-0.15, -0.1) is 17.9 Å². The van der Waals surface area contributed by atoms with Gasteiger partial charge in [0, 0.05) is 16.5 Å². The highest BCUT2D eigenvalue weighted by Gasteiger charge is 2.12. The van der Waals surface area contributed by atoms with Crippen LogP contribution in [-0.4, -0.2) is 24.5 Å². The first-order valence-corrected chi connectivity index (χ1v) is 10.2. The van der Waals surface area contributed by atoms with Crippen molar-refractivity contribution in [1.82, 2.24) is 4.68 Å². The van der Waals surface area contributed by atoms with E-state index in [-0.39, 0.29) is 0 Å². The first kappa shape index (κ1) is 18.9. The minimum absolute atomic E-state index is 0.537. The van der Waals surface area contributed by atoms with Crippen LogP contribution in [0.5, 0.6) is 5.75 Å². The predicted molar refractivity (Wildman–Crippen MR) is 122 cm³/mol. The summed E-state index contributed by atoms with van der Waals surface area (Å²) in [4.78, 5) is 5.42. The van der Waals surface area contributed by atoms with Gasteiger partial charge in [0.15, 0.2) is 0 Å². The molecule has 4 nitrogen and oxygen atoms in total. The lowest BCUT2D eigenvalue weighted by Crippen LogP contribution is -2.12. The molecule has 0 saturated carbocycles. The molecule has 144 valence electrons. The molecule has 0 unspecified atom stereocenters. The zero-order valence-corrected chi connectivity index (χ0v) is 17.0. The zero-order chi connectivity index (χ0) is 20.1. The lowest BCUT2D eigenvalue weighted by Gasteiger charge is -2.09. The number of hydrogen-bond donors (Lipinski definition) is 0. The van der Waals surface area contributed by atoms with Gasteiger partial charge in [0.2, 0.25) is 4.80 Å². The van der Waals surface area contributed by atoms with Gasteiger partial charge < -0.3 is 4.74 Å². The van der Waals surface area contributed by atoms with Crippen LogP contribution in [0.3, 0.4) is 0 Å². The molecular weight excluding hydrogens is 378 g/mol. The van der Waals surface area contributed by atoms with Crippen molar-refractivity contribution in [2.75, 3.05) is 13.7 Å². The average Bonchev–Trinajstić information content (AvgIpc) is 3.18. The molecule has 0 aliphatic heterocycles. The van der Waals surface area contributed by atoms with Crippen molar-refractivity contribution in [3.8, 4) is 17.0 Å². The average molecular weight is 400 g/mol. The van der Waals surface area contributed by atoms with Crippen LogP contribution in [0.25, 0.3) is 22.0 Å². The number of nitrogens with zero attached hydrogens (tertiary/aromatic N) is 3. The number of aromatic nitrogens is 1. The van der Waals surface area contributed by atoms with Crippen LogP contribution in [0, 0.1) is 0 Å². The maximum Gasteiger partial charge on any atom is 0.206 e. The SMILES string of the molecule is C=CCN=c1scc(-c2ccccc2OC)n1N=Cc1cccc2ccccc12. The highest BCUT2D eigenvalue weighted by atomic mass is 32.1. The van der Waals surface area contributed by atoms with Crippen molar-refractivity contribution in [1.29, 1.82) is 0 Å². The van der Waals surface area contributed by atoms with Crippen molar-refractivity contribution < 1.29 is 4.74 Å². The van der Waals surface area contributed by atoms with Crippen LogP contribution < -0.4 is 9.54 Å². The number of methoxy groups -OCH3 is 1. The number of rotatable bonds is 6. The van der Waals surface area contributed by atoms with E-state index in [1.54, 1.807) is 24.5 Å². The van der Waals surface area contributed by atoms with E-state index in [9.17, 15) is 0 Å². The molecule has 1 heterocycles. The van der Waals surface area contributed by atoms with E-state index < -0.39 is 0 Å². The van der Waals surface area contributed by atoms with Crippen molar-refractivity contribution in [3.05, 3.63) is 95.1 Å². The van der Waals surface area contributed by atoms with Gasteiger partial charge in [0.25, 0.3) is 0 Å². The van der Waals surface area contributed by atoms with Gasteiger partial charge in [-0.2, -0.15) is 5.10 Å². The molecule has 0 atom stereocenters. The molecule has 4 aromatic rings. The predicted octanol–water partition coefficient (Wildman–Crippen LogP) is 5.35. The van der Waals surface area contributed by atoms with E-state index in [0.29, 0.717) is 6.54 Å². The Labute approximate surface area is 173 Å². The summed E-state index contributed by atoms with van der Waals surface area (Å²) in [5.41, 5.74) is 2.97. The minimum atomic E-state index is 0.537. The Kier molecular flexibility index (Phi) is 5.68. The molecule has 0 bridgehead atoms. The molecule has 29 heavy (non-hydrogen) atoms. The molecule has 0 aliphatic rings. The van der Waals surface area contributed by atoms with Gasteiger partial charge in [0.1, 0.15) is 5.75 Å². The van der Waals surface area contributed by atoms with Crippen LogP contribution in [-0.2, 0) is 0 Å². The largest absolute Gasteiger partial charge is 0.496 e. The van der Waals surface area contributed by atoms with Crippen molar-refractivity contribution in [2.45, 2.75) is 0 Å². The fourth-order valence-corrected chi connectivity index (χ4v) is 4.02. The molecule has 0 N–H and O–H groups in total. The van der Waals surface area contributed by atoms with E-state index in [0.717, 1.165) is 32.8 Å². The second-order valence-corrected chi connectivity index (χ2v) is 7.19. The molecule has 1 aromatic heterocycles. The number of para-hydroxylation sites is 1. The smallest absolute Gasteiger partial charge is 0.206 e. The Morgan fingerprint density at radius 2 is 1.83 bits per heavy atom. The number of thiazole rings is 1. The van der Waals surface area contributed by atoms with E-state index in [1.807, 2.05) is 53.4 Å². The third-order valence-electron chi connectivity index (χ3n) is 4.56. The molecule has 0 fully saturated rings. The van der Waals surface area contributed by atoms with Crippen molar-refractivity contribution in [3.63, 3.8) is 0 Å². The fourth-order valence-electron chi connectivity index (χ4n) is 3.19. The van der Waals surface area contributed by atoms with Gasteiger partial charge in [-0.3, -0.25) is 4.99 Å². The molecule has 5 heteroatoms. The Morgan fingerprint density at radius 1 is 1.03 bits per heavy atom. The number of hydrogen-bond acceptors (Lipinski definition) is 4. The normalized spacial score (nSPS) is 12.0. The van der Waals surface area contributed by atoms with Gasteiger partial charge >= 0.3 is 0 Å². The highest BCUT2D eigenvalue weighted by molar-refractivity contribution is 7.07. The first-order chi connectivity index (χ1) is 14.3. The Morgan fingerprint density at radius 3 is 2.69 bits per heavy atom. The highest BCUT2D eigenvalue weighted by Crippen LogP contribution is 2.30. The second kappa shape index (κ2) is 8.71. The standard InChI is InChI=1S/C24H21N3OS/c1-3-15-25-24-27(22(17-29-24)21-13-6-7-14-23(21)28-2)26-16-19-11-8-10-18-9-4-5-12-20(18)19/h3-14,16-17H,1,15H2,2H3. The molecular formula is C24H21N3OS. The Hall–Kier alpha value is -3.44. The summed E-state index contributed by atoms with van der Waals surface area (Å²) in [5, 5.41) is 9.22. The third kappa shape index (κ3) is 3.91. The zero-order valence-electron chi connectivity index (χ0n) is 16.2. The summed E-state index contributed by atoms with van der Waals surface area (Å²) >= 11 is 1.55. The third-order valence-corrected chi connectivity index (χ3v) is 5.41. The van der Waals surface area contributed by atoms with E-state index >= 15 is 0 Å². The quantitative estimate of drug-likeness (QED) is 0.318. The second-order valence-electron chi connectivity index (χ2n) is 6.36. The van der Waals surface area contributed by atoms with Gasteiger partial charge in [-0.25, -0.2) is 4.68 Å². The molecule has 0 amide bonds. The lowest BCUT2D eigenvalue weighted by atomic mass is 10.1. The Balaban J connectivity index is 1.86. The molecule has 0 aliphatic carbocycles. The van der Waals surface area contributed by atoms with Crippen LogP contribution in [0.2, 0.25) is 0 Å². The van der Waals surface area contributed by atoms with Crippen molar-refractivity contribution >= 4 is 28.3 Å². The summed E-state index contributed by atoms with van der Waals surface area (Å²) in [6.45, 7) is 4.31. The number of benzene rings is 3. The van der Waals surface area contributed by atoms with Crippen LogP contribution in [0.4, 0.5) is 0 Å². The minimum Gasteiger partial charge on any atom is -0.496 e. The van der Waals surface area contributed by atoms with E-state index in [1.165, 1.54) is 5.39 Å². The molecule has 0 spiro atoms. The van der Waals surface area contributed by atoms with Gasteiger partial charge in [0.05, 0.1) is 25.6 Å². The fraction of sp³-hybridized carbons (Fsp3) is 0.0833. The summed E-state index contributed by atoms with van der Waals surface area (Å²) in [5.74, 6) is 0.801. The van der Waals surface area contributed by atoms with Crippen molar-refractivity contribution in [2.24, 2.45) is 10.1 Å². The summed E-state index contributed by atoms with van der Waals surface area (Å²) < 4.78 is 7.43. The maximum atomic E-state index is 5.56. The van der Waals surface area contributed by atoms with Crippen LogP contribution in [0.15, 0.2) is 94.9 Å². The molecule has 4 rings (SSSR count). The Bertz CT molecular complexity index is 1240. The number of ether oxygens (including phenoxy) is 1. The molecule has 0 radical (unpaired) electrons. The summed E-state index contributed by atoms with van der Waals surface area (Å²) in [6, 6.07) is 22.5. The van der Waals surface area contributed by atoms with E-state index in [2.05, 4.69) is 41.2 Å². The van der Waals surface area contributed by atoms with Gasteiger partial charge in [-0.1, -0.05) is 60.7 Å². The number of fused-ring (bicyclic) bond motifs is 1. The van der Waals surface area contributed by atoms with E-state index in [4.69, 9.17) is 9.84 Å². The van der Waals surface area contributed by atoms with Crippen LogP contribution >= 0.6 is 11.3 Å². The first-order valence-electron chi connectivity index (χ1n) is 9.29. The maximum absolute atomic E-state index is 5.56. The summed E-state index contributed by atoms with van der Waals surface area (Å²) in [7, 11) is 1.68. The molecule has 3 aromatic carbocycles. The topological polar surface area (TPSA) is 38.9 Å². The van der Waals surface area contributed by atoms with Gasteiger partial charge in [-0.05, 0) is 22.9 Å². The monoisotopic (exact) mass is 399 g/mol. The summed E-state index contributed by atoms with van der Waals surface area (Å²) in [6.07, 6.45) is 3.67. The molecule has 0 saturated heterocycles. The van der Waals surface area contributed by atoms with Crippen LogP contribution in [0.1, 0.15) is 5.56 Å².